The Bertz CT molecular complexity index is 1240. The molecule has 0 aliphatic carbocycles. The van der Waals surface area contributed by atoms with Crippen LogP contribution in [0.5, 0.6) is 0 Å². The van der Waals surface area contributed by atoms with E-state index in [9.17, 15) is 27.6 Å². The number of benzene rings is 1. The number of aromatic nitrogens is 4. The molecule has 41 heavy (non-hydrogen) atoms. The highest BCUT2D eigenvalue weighted by Gasteiger charge is 2.39. The summed E-state index contributed by atoms with van der Waals surface area (Å²) in [5, 5.41) is 13.5. The lowest BCUT2D eigenvalue weighted by Crippen LogP contribution is -2.55. The summed E-state index contributed by atoms with van der Waals surface area (Å²) in [7, 11) is 0. The molecule has 11 nitrogen and oxygen atoms in total. The van der Waals surface area contributed by atoms with Gasteiger partial charge >= 0.3 is 18.3 Å². The fourth-order valence-corrected chi connectivity index (χ4v) is 4.62. The van der Waals surface area contributed by atoms with E-state index in [4.69, 9.17) is 4.74 Å². The molecule has 0 unspecified atom stereocenters. The van der Waals surface area contributed by atoms with Crippen LogP contribution in [0.15, 0.2) is 24.5 Å². The van der Waals surface area contributed by atoms with Crippen LogP contribution in [0, 0.1) is 5.41 Å². The summed E-state index contributed by atoms with van der Waals surface area (Å²) in [6.45, 7) is 12.3. The molecule has 14 heteroatoms. The number of likely N-dealkylation sites (tertiary alicyclic amines) is 1. The van der Waals surface area contributed by atoms with Crippen molar-refractivity contribution in [1.29, 1.82) is 0 Å². The molecule has 0 spiro atoms. The topological polar surface area (TPSA) is 123 Å². The normalized spacial score (nSPS) is 16.8. The van der Waals surface area contributed by atoms with Gasteiger partial charge in [-0.2, -0.15) is 13.2 Å². The van der Waals surface area contributed by atoms with Gasteiger partial charge in [0, 0.05) is 12.6 Å². The van der Waals surface area contributed by atoms with Gasteiger partial charge in [-0.3, -0.25) is 9.69 Å². The SMILES string of the molecule is C[C@@H]1CCCN1C(=O)N(Cc1cc(C(F)(F)F)ccc1-n1cnnn1)C(=O)[C@@H](CC(C)(C)C)NC(=O)OC(C)(C)C. The number of nitrogens with zero attached hydrogens (tertiary/aromatic N) is 6. The summed E-state index contributed by atoms with van der Waals surface area (Å²) in [5.74, 6) is -0.769. The second-order valence-electron chi connectivity index (χ2n) is 12.5. The van der Waals surface area contributed by atoms with E-state index in [2.05, 4.69) is 20.8 Å². The van der Waals surface area contributed by atoms with E-state index in [0.29, 0.717) is 6.54 Å². The third-order valence-electron chi connectivity index (χ3n) is 6.43. The van der Waals surface area contributed by atoms with Crippen molar-refractivity contribution in [2.75, 3.05) is 6.54 Å². The Morgan fingerprint density at radius 1 is 1.15 bits per heavy atom. The second kappa shape index (κ2) is 12.0. The van der Waals surface area contributed by atoms with E-state index in [0.717, 1.165) is 34.6 Å². The molecule has 4 amide bonds. The van der Waals surface area contributed by atoms with Crippen LogP contribution >= 0.6 is 0 Å². The lowest BCUT2D eigenvalue weighted by molar-refractivity contribution is -0.137. The van der Waals surface area contributed by atoms with Gasteiger partial charge in [0.05, 0.1) is 17.8 Å². The van der Waals surface area contributed by atoms with E-state index in [-0.39, 0.29) is 23.7 Å². The van der Waals surface area contributed by atoms with Gasteiger partial charge in [-0.15, -0.1) is 5.10 Å². The molecular weight excluding hydrogens is 543 g/mol. The molecule has 226 valence electrons. The molecule has 1 aliphatic heterocycles. The number of halogens is 3. The minimum absolute atomic E-state index is 0.00699. The molecule has 0 saturated carbocycles. The molecule has 2 atom stereocenters. The summed E-state index contributed by atoms with van der Waals surface area (Å²) in [4.78, 5) is 43.2. The van der Waals surface area contributed by atoms with E-state index in [1.807, 2.05) is 27.7 Å². The van der Waals surface area contributed by atoms with E-state index in [1.165, 1.54) is 17.3 Å². The van der Waals surface area contributed by atoms with Crippen molar-refractivity contribution < 1.29 is 32.3 Å². The van der Waals surface area contributed by atoms with Gasteiger partial charge in [-0.25, -0.2) is 14.3 Å². The Morgan fingerprint density at radius 3 is 2.34 bits per heavy atom. The number of alkyl carbamates (subject to hydrolysis) is 1. The molecule has 1 aromatic carbocycles. The van der Waals surface area contributed by atoms with Crippen LogP contribution in [-0.2, 0) is 22.3 Å². The molecule has 1 fully saturated rings. The number of amides is 4. The average Bonchev–Trinajstić information content (AvgIpc) is 3.50. The third-order valence-corrected chi connectivity index (χ3v) is 6.43. The van der Waals surface area contributed by atoms with Crippen molar-refractivity contribution in [2.45, 2.75) is 98.1 Å². The maximum Gasteiger partial charge on any atom is 0.416 e. The van der Waals surface area contributed by atoms with Crippen LogP contribution < -0.4 is 5.32 Å². The van der Waals surface area contributed by atoms with Gasteiger partial charge in [-0.05, 0) is 86.6 Å². The Hall–Kier alpha value is -3.71. The van der Waals surface area contributed by atoms with Crippen LogP contribution in [0.3, 0.4) is 0 Å². The minimum atomic E-state index is -4.68. The monoisotopic (exact) mass is 581 g/mol. The first-order valence-electron chi connectivity index (χ1n) is 13.4. The molecule has 1 saturated heterocycles. The first kappa shape index (κ1) is 31.8. The fourth-order valence-electron chi connectivity index (χ4n) is 4.62. The maximum atomic E-state index is 14.1. The highest BCUT2D eigenvalue weighted by atomic mass is 19.4. The standard InChI is InChI=1S/C27H38F3N7O4/c1-17-9-8-12-35(17)24(40)36(22(38)20(14-25(2,3)4)32-23(39)41-26(5,6)7)15-18-13-19(27(28,29)30)10-11-21(18)37-16-31-33-34-37/h10-11,13,16-17,20H,8-9,12,14-15H2,1-7H3,(H,32,39)/t17-,20-/m1/s1. The van der Waals surface area contributed by atoms with Crippen molar-refractivity contribution >= 4 is 18.0 Å². The summed E-state index contributed by atoms with van der Waals surface area (Å²) >= 11 is 0. The van der Waals surface area contributed by atoms with Crippen LogP contribution in [0.1, 0.15) is 78.9 Å². The predicted molar refractivity (Wildman–Crippen MR) is 143 cm³/mol. The van der Waals surface area contributed by atoms with Gasteiger partial charge in [0.15, 0.2) is 0 Å². The number of ether oxygens (including phenoxy) is 1. The molecule has 3 rings (SSSR count). The number of alkyl halides is 3. The molecule has 0 radical (unpaired) electrons. The van der Waals surface area contributed by atoms with Crippen molar-refractivity contribution in [3.05, 3.63) is 35.7 Å². The van der Waals surface area contributed by atoms with E-state index in [1.54, 1.807) is 20.8 Å². The predicted octanol–water partition coefficient (Wildman–Crippen LogP) is 4.94. The third kappa shape index (κ3) is 8.64. The number of hydrogen-bond donors (Lipinski definition) is 1. The number of carbonyl (C=O) groups is 3. The van der Waals surface area contributed by atoms with Gasteiger partial charge in [0.1, 0.15) is 18.0 Å². The lowest BCUT2D eigenvalue weighted by atomic mass is 9.87. The Balaban J connectivity index is 2.09. The largest absolute Gasteiger partial charge is 0.444 e. The lowest BCUT2D eigenvalue weighted by Gasteiger charge is -2.34. The van der Waals surface area contributed by atoms with Crippen molar-refractivity contribution in [1.82, 2.24) is 35.3 Å². The van der Waals surface area contributed by atoms with Crippen LogP contribution in [0.25, 0.3) is 5.69 Å². The highest BCUT2D eigenvalue weighted by Crippen LogP contribution is 2.32. The maximum absolute atomic E-state index is 14.1. The van der Waals surface area contributed by atoms with Gasteiger partial charge in [-0.1, -0.05) is 20.8 Å². The van der Waals surface area contributed by atoms with Crippen molar-refractivity contribution in [3.8, 4) is 5.69 Å². The summed E-state index contributed by atoms with van der Waals surface area (Å²) in [5.41, 5.74) is -2.13. The first-order chi connectivity index (χ1) is 18.9. The van der Waals surface area contributed by atoms with Crippen LogP contribution in [0.4, 0.5) is 22.8 Å². The number of imide groups is 1. The molecule has 2 aromatic rings. The highest BCUT2D eigenvalue weighted by molar-refractivity contribution is 5.98. The Kier molecular flexibility index (Phi) is 9.34. The second-order valence-corrected chi connectivity index (χ2v) is 12.5. The number of urea groups is 1. The number of tetrazole rings is 1. The zero-order valence-corrected chi connectivity index (χ0v) is 24.4. The number of rotatable bonds is 6. The van der Waals surface area contributed by atoms with Crippen molar-refractivity contribution in [3.63, 3.8) is 0 Å². The number of carbonyl (C=O) groups excluding carboxylic acids is 3. The molecule has 1 aliphatic rings. The summed E-state index contributed by atoms with van der Waals surface area (Å²) in [6, 6.07) is 0.893. The molecular formula is C27H38F3N7O4. The number of nitrogens with one attached hydrogen (secondary N) is 1. The molecule has 2 heterocycles. The van der Waals surface area contributed by atoms with Crippen molar-refractivity contribution in [2.24, 2.45) is 5.41 Å². The van der Waals surface area contributed by atoms with E-state index < -0.39 is 53.4 Å². The smallest absolute Gasteiger partial charge is 0.416 e. The zero-order valence-electron chi connectivity index (χ0n) is 24.4. The van der Waals surface area contributed by atoms with Crippen LogP contribution in [0.2, 0.25) is 0 Å². The molecule has 1 N–H and O–H groups in total. The van der Waals surface area contributed by atoms with E-state index >= 15 is 0 Å². The molecule has 1 aromatic heterocycles. The fraction of sp³-hybridized carbons (Fsp3) is 0.630. The first-order valence-corrected chi connectivity index (χ1v) is 13.4. The summed E-state index contributed by atoms with van der Waals surface area (Å²) < 4.78 is 47.7. The number of hydrogen-bond acceptors (Lipinski definition) is 7. The average molecular weight is 582 g/mol. The zero-order chi connectivity index (χ0) is 30.8. The van der Waals surface area contributed by atoms with Gasteiger partial charge in [0.2, 0.25) is 0 Å². The molecule has 0 bridgehead atoms. The van der Waals surface area contributed by atoms with Gasteiger partial charge < -0.3 is 15.0 Å². The van der Waals surface area contributed by atoms with Crippen LogP contribution in [-0.4, -0.2) is 72.3 Å². The van der Waals surface area contributed by atoms with Gasteiger partial charge in [0.25, 0.3) is 5.91 Å². The Morgan fingerprint density at radius 2 is 1.83 bits per heavy atom. The Labute approximate surface area is 237 Å². The quantitative estimate of drug-likeness (QED) is 0.513. The summed E-state index contributed by atoms with van der Waals surface area (Å²) in [6.07, 6.45) is -2.76. The minimum Gasteiger partial charge on any atom is -0.444 e.